The maximum atomic E-state index is 11.9. The van der Waals surface area contributed by atoms with Gasteiger partial charge in [-0.3, -0.25) is 4.57 Å². The first kappa shape index (κ1) is 16.0. The molecule has 6 nitrogen and oxygen atoms in total. The second-order valence-electron chi connectivity index (χ2n) is 5.22. The van der Waals surface area contributed by atoms with Crippen molar-refractivity contribution in [2.24, 2.45) is 0 Å². The number of aromatic nitrogens is 3. The van der Waals surface area contributed by atoms with Crippen LogP contribution in [0.4, 0.5) is 0 Å². The van der Waals surface area contributed by atoms with Crippen molar-refractivity contribution in [3.05, 3.63) is 64.1 Å². The monoisotopic (exact) mass is 373 g/mol. The summed E-state index contributed by atoms with van der Waals surface area (Å²) in [6.45, 7) is 0.482. The molecule has 0 fully saturated rings. The van der Waals surface area contributed by atoms with E-state index >= 15 is 0 Å². The zero-order valence-corrected chi connectivity index (χ0v) is 14.5. The fourth-order valence-electron chi connectivity index (χ4n) is 2.46. The fourth-order valence-corrected chi connectivity index (χ4v) is 3.33. The number of oxazole rings is 1. The van der Waals surface area contributed by atoms with Crippen molar-refractivity contribution < 1.29 is 8.83 Å². The van der Waals surface area contributed by atoms with Crippen LogP contribution >= 0.6 is 23.4 Å². The topological polar surface area (TPSA) is 74.1 Å². The molecule has 0 aliphatic carbocycles. The van der Waals surface area contributed by atoms with Crippen LogP contribution in [0.25, 0.3) is 22.6 Å². The minimum Gasteiger partial charge on any atom is -0.411 e. The van der Waals surface area contributed by atoms with Crippen LogP contribution in [0.3, 0.4) is 0 Å². The summed E-state index contributed by atoms with van der Waals surface area (Å²) in [4.78, 5) is 11.9. The van der Waals surface area contributed by atoms with Crippen molar-refractivity contribution in [2.75, 3.05) is 5.75 Å². The van der Waals surface area contributed by atoms with Crippen LogP contribution in [-0.4, -0.2) is 20.5 Å². The average Bonchev–Trinajstić information content (AvgIpc) is 3.20. The minimum absolute atomic E-state index is 0.369. The highest BCUT2D eigenvalue weighted by atomic mass is 35.5. The quantitative estimate of drug-likeness (QED) is 0.490. The Morgan fingerprint density at radius 3 is 2.84 bits per heavy atom. The Morgan fingerprint density at radius 2 is 1.96 bits per heavy atom. The number of hydrogen-bond acceptors (Lipinski definition) is 6. The van der Waals surface area contributed by atoms with Crippen LogP contribution in [0, 0.1) is 0 Å². The average molecular weight is 374 g/mol. The van der Waals surface area contributed by atoms with Gasteiger partial charge in [0.05, 0.1) is 5.52 Å². The molecular formula is C17H12ClN3O3S. The number of hydrogen-bond donors (Lipinski definition) is 0. The first-order valence-corrected chi connectivity index (χ1v) is 8.88. The zero-order chi connectivity index (χ0) is 17.2. The second-order valence-corrected chi connectivity index (χ2v) is 6.70. The third-order valence-electron chi connectivity index (χ3n) is 3.59. The highest BCUT2D eigenvalue weighted by molar-refractivity contribution is 7.99. The van der Waals surface area contributed by atoms with Gasteiger partial charge >= 0.3 is 5.76 Å². The van der Waals surface area contributed by atoms with Gasteiger partial charge in [0.25, 0.3) is 5.22 Å². The summed E-state index contributed by atoms with van der Waals surface area (Å²) in [6.07, 6.45) is 0. The van der Waals surface area contributed by atoms with E-state index in [1.807, 2.05) is 30.3 Å². The van der Waals surface area contributed by atoms with Crippen molar-refractivity contribution in [1.82, 2.24) is 14.8 Å². The lowest BCUT2D eigenvalue weighted by molar-refractivity contribution is 0.465. The first-order valence-electron chi connectivity index (χ1n) is 7.51. The highest BCUT2D eigenvalue weighted by Gasteiger charge is 2.11. The van der Waals surface area contributed by atoms with Gasteiger partial charge in [-0.1, -0.05) is 41.6 Å². The van der Waals surface area contributed by atoms with E-state index in [1.54, 1.807) is 22.8 Å². The van der Waals surface area contributed by atoms with Crippen LogP contribution in [-0.2, 0) is 6.54 Å². The van der Waals surface area contributed by atoms with Gasteiger partial charge in [0, 0.05) is 22.9 Å². The smallest absolute Gasteiger partial charge is 0.411 e. The second kappa shape index (κ2) is 6.78. The molecule has 0 aliphatic heterocycles. The lowest BCUT2D eigenvalue weighted by Gasteiger charge is -1.99. The molecule has 4 rings (SSSR count). The van der Waals surface area contributed by atoms with Crippen LogP contribution in [0.5, 0.6) is 0 Å². The number of para-hydroxylation sites is 2. The highest BCUT2D eigenvalue weighted by Crippen LogP contribution is 2.25. The van der Waals surface area contributed by atoms with E-state index in [4.69, 9.17) is 20.4 Å². The van der Waals surface area contributed by atoms with Crippen LogP contribution in [0.15, 0.2) is 67.4 Å². The number of nitrogens with zero attached hydrogens (tertiary/aromatic N) is 3. The van der Waals surface area contributed by atoms with E-state index in [0.717, 1.165) is 11.1 Å². The lowest BCUT2D eigenvalue weighted by Crippen LogP contribution is -2.15. The van der Waals surface area contributed by atoms with E-state index in [0.29, 0.717) is 34.0 Å². The number of aryl methyl sites for hydroxylation is 1. The predicted molar refractivity (Wildman–Crippen MR) is 95.9 cm³/mol. The van der Waals surface area contributed by atoms with Crippen molar-refractivity contribution in [1.29, 1.82) is 0 Å². The predicted octanol–water partition coefficient (Wildman–Crippen LogP) is 4.09. The van der Waals surface area contributed by atoms with Gasteiger partial charge in [0.15, 0.2) is 5.58 Å². The Balaban J connectivity index is 1.45. The van der Waals surface area contributed by atoms with Gasteiger partial charge in [0.1, 0.15) is 0 Å². The Labute approximate surface area is 151 Å². The van der Waals surface area contributed by atoms with E-state index in [2.05, 4.69) is 10.2 Å². The molecule has 0 unspecified atom stereocenters. The van der Waals surface area contributed by atoms with Gasteiger partial charge in [-0.15, -0.1) is 10.2 Å². The van der Waals surface area contributed by atoms with Crippen molar-refractivity contribution in [3.8, 4) is 11.5 Å². The Hall–Kier alpha value is -2.51. The SMILES string of the molecule is O=c1oc2ccccc2n1CCSc1nnc(-c2cccc(Cl)c2)o1. The lowest BCUT2D eigenvalue weighted by atomic mass is 10.2. The molecule has 0 saturated carbocycles. The van der Waals surface area contributed by atoms with Crippen molar-refractivity contribution in [2.45, 2.75) is 11.8 Å². The Bertz CT molecular complexity index is 1090. The van der Waals surface area contributed by atoms with Crippen LogP contribution < -0.4 is 5.76 Å². The van der Waals surface area contributed by atoms with E-state index < -0.39 is 0 Å². The van der Waals surface area contributed by atoms with Crippen molar-refractivity contribution in [3.63, 3.8) is 0 Å². The van der Waals surface area contributed by atoms with Gasteiger partial charge in [-0.25, -0.2) is 4.79 Å². The van der Waals surface area contributed by atoms with Gasteiger partial charge in [-0.05, 0) is 30.3 Å². The summed E-state index contributed by atoms with van der Waals surface area (Å²) in [5.41, 5.74) is 2.13. The Kier molecular flexibility index (Phi) is 4.33. The third-order valence-corrected chi connectivity index (χ3v) is 4.63. The maximum Gasteiger partial charge on any atom is 0.419 e. The molecule has 0 amide bonds. The molecule has 0 spiro atoms. The first-order chi connectivity index (χ1) is 12.2. The molecule has 0 radical (unpaired) electrons. The number of benzene rings is 2. The number of halogens is 1. The summed E-state index contributed by atoms with van der Waals surface area (Å²) >= 11 is 7.35. The number of fused-ring (bicyclic) bond motifs is 1. The number of rotatable bonds is 5. The minimum atomic E-state index is -0.369. The summed E-state index contributed by atoms with van der Waals surface area (Å²) < 4.78 is 12.4. The van der Waals surface area contributed by atoms with Crippen molar-refractivity contribution >= 4 is 34.5 Å². The molecule has 2 heterocycles. The molecule has 4 aromatic rings. The third kappa shape index (κ3) is 3.33. The summed E-state index contributed by atoms with van der Waals surface area (Å²) in [5.74, 6) is 0.642. The molecule has 25 heavy (non-hydrogen) atoms. The Morgan fingerprint density at radius 1 is 1.08 bits per heavy atom. The molecule has 0 bridgehead atoms. The van der Waals surface area contributed by atoms with E-state index in [-0.39, 0.29) is 5.76 Å². The molecule has 126 valence electrons. The molecule has 2 aromatic heterocycles. The summed E-state index contributed by atoms with van der Waals surface area (Å²) in [7, 11) is 0. The standard InChI is InChI=1S/C17H12ClN3O3S/c18-12-5-3-4-11(10-12)15-19-20-16(24-15)25-9-8-21-13-6-1-2-7-14(13)23-17(21)22/h1-7,10H,8-9H2. The van der Waals surface area contributed by atoms with Crippen LogP contribution in [0.1, 0.15) is 0 Å². The van der Waals surface area contributed by atoms with Crippen LogP contribution in [0.2, 0.25) is 5.02 Å². The van der Waals surface area contributed by atoms with E-state index in [9.17, 15) is 4.79 Å². The van der Waals surface area contributed by atoms with Gasteiger partial charge < -0.3 is 8.83 Å². The molecule has 0 N–H and O–H groups in total. The summed E-state index contributed by atoms with van der Waals surface area (Å²) in [6, 6.07) is 14.6. The zero-order valence-electron chi connectivity index (χ0n) is 12.9. The maximum absolute atomic E-state index is 11.9. The molecule has 0 atom stereocenters. The largest absolute Gasteiger partial charge is 0.419 e. The molecule has 8 heteroatoms. The molecule has 0 aliphatic rings. The summed E-state index contributed by atoms with van der Waals surface area (Å²) in [5, 5.41) is 9.09. The molecule has 0 saturated heterocycles. The van der Waals surface area contributed by atoms with Gasteiger partial charge in [0.2, 0.25) is 5.89 Å². The fraction of sp³-hybridized carbons (Fsp3) is 0.118. The molecule has 2 aromatic carbocycles. The van der Waals surface area contributed by atoms with Gasteiger partial charge in [-0.2, -0.15) is 0 Å². The molecular weight excluding hydrogens is 362 g/mol. The van der Waals surface area contributed by atoms with E-state index in [1.165, 1.54) is 11.8 Å². The normalized spacial score (nSPS) is 11.2. The number of thioether (sulfide) groups is 1.